The number of aromatic carboxylic acids is 1. The molecule has 0 saturated heterocycles. The molecule has 9 heteroatoms. The number of carboxylic acid groups (broad SMARTS) is 2. The molecule has 3 rings (SSSR count). The van der Waals surface area contributed by atoms with E-state index >= 15 is 0 Å². The average molecular weight is 479 g/mol. The Morgan fingerprint density at radius 1 is 1.03 bits per heavy atom. The lowest BCUT2D eigenvalue weighted by Gasteiger charge is -2.09. The van der Waals surface area contributed by atoms with E-state index in [0.29, 0.717) is 14.9 Å². The number of hydrogen-bond donors (Lipinski definition) is 3. The molecule has 2 aromatic carbocycles. The molecule has 150 valence electrons. The molecular weight excluding hydrogens is 464 g/mol. The molecule has 0 fully saturated rings. The molecule has 0 unspecified atom stereocenters. The summed E-state index contributed by atoms with van der Waals surface area (Å²) in [7, 11) is 0. The first-order valence-electron chi connectivity index (χ1n) is 8.27. The number of thiophene rings is 1. The molecule has 7 nitrogen and oxygen atoms in total. The average Bonchev–Trinajstić information content (AvgIpc) is 3.03. The van der Waals surface area contributed by atoms with E-state index in [4.69, 9.17) is 14.6 Å². The highest BCUT2D eigenvalue weighted by molar-refractivity contribution is 9.10. The monoisotopic (exact) mass is 478 g/mol. The molecule has 29 heavy (non-hydrogen) atoms. The molecule has 3 aromatic rings. The summed E-state index contributed by atoms with van der Waals surface area (Å²) in [6, 6.07) is 14.2. The molecule has 1 aromatic heterocycles. The van der Waals surface area contributed by atoms with Crippen molar-refractivity contribution >= 4 is 39.2 Å². The van der Waals surface area contributed by atoms with Gasteiger partial charge < -0.3 is 24.8 Å². The van der Waals surface area contributed by atoms with Gasteiger partial charge in [0.15, 0.2) is 28.7 Å². The number of carbonyl (C=O) groups is 2. The van der Waals surface area contributed by atoms with E-state index in [1.54, 1.807) is 12.1 Å². The van der Waals surface area contributed by atoms with Gasteiger partial charge in [-0.1, -0.05) is 30.3 Å². The summed E-state index contributed by atoms with van der Waals surface area (Å²) in [6.45, 7) is -0.390. The first kappa shape index (κ1) is 20.7. The van der Waals surface area contributed by atoms with Crippen molar-refractivity contribution in [1.29, 1.82) is 0 Å². The van der Waals surface area contributed by atoms with Crippen LogP contribution in [0.15, 0.2) is 53.0 Å². The Morgan fingerprint density at radius 3 is 2.38 bits per heavy atom. The zero-order valence-corrected chi connectivity index (χ0v) is 17.2. The molecule has 0 saturated carbocycles. The minimum Gasteiger partial charge on any atom is -0.504 e. The topological polar surface area (TPSA) is 113 Å². The lowest BCUT2D eigenvalue weighted by Crippen LogP contribution is -2.11. The Kier molecular flexibility index (Phi) is 6.40. The molecule has 0 bridgehead atoms. The largest absolute Gasteiger partial charge is 0.504 e. The Balaban J connectivity index is 1.86. The smallest absolute Gasteiger partial charge is 0.349 e. The maximum absolute atomic E-state index is 11.5. The summed E-state index contributed by atoms with van der Waals surface area (Å²) in [5.74, 6) is -2.36. The molecule has 0 aliphatic heterocycles. The van der Waals surface area contributed by atoms with E-state index in [1.807, 2.05) is 30.3 Å². The van der Waals surface area contributed by atoms with Gasteiger partial charge in [0, 0.05) is 0 Å². The van der Waals surface area contributed by atoms with Crippen LogP contribution >= 0.6 is 27.3 Å². The molecule has 0 atom stereocenters. The highest BCUT2D eigenvalue weighted by Gasteiger charge is 2.24. The van der Waals surface area contributed by atoms with Crippen molar-refractivity contribution in [3.63, 3.8) is 0 Å². The highest BCUT2D eigenvalue weighted by atomic mass is 79.9. The molecule has 0 aliphatic rings. The lowest BCUT2D eigenvalue weighted by atomic mass is 10.1. The number of benzene rings is 2. The third-order valence-corrected chi connectivity index (χ3v) is 6.03. The van der Waals surface area contributed by atoms with Crippen LogP contribution in [0.2, 0.25) is 0 Å². The first-order valence-corrected chi connectivity index (χ1v) is 9.88. The maximum Gasteiger partial charge on any atom is 0.349 e. The number of phenolic OH excluding ortho intramolecular Hbond substituents is 1. The van der Waals surface area contributed by atoms with E-state index < -0.39 is 18.5 Å². The van der Waals surface area contributed by atoms with Crippen LogP contribution in [0.25, 0.3) is 10.4 Å². The Morgan fingerprint density at radius 2 is 1.76 bits per heavy atom. The summed E-state index contributed by atoms with van der Waals surface area (Å²) in [5.41, 5.74) is 1.47. The number of rotatable bonds is 8. The van der Waals surface area contributed by atoms with Gasteiger partial charge in [0.05, 0.1) is 9.35 Å². The number of aliphatic carboxylic acids is 1. The van der Waals surface area contributed by atoms with Gasteiger partial charge >= 0.3 is 11.9 Å². The van der Waals surface area contributed by atoms with E-state index in [2.05, 4.69) is 15.9 Å². The summed E-state index contributed by atoms with van der Waals surface area (Å²) in [5, 5.41) is 28.5. The van der Waals surface area contributed by atoms with Gasteiger partial charge in [0.1, 0.15) is 6.61 Å². The van der Waals surface area contributed by atoms with Gasteiger partial charge in [0.25, 0.3) is 0 Å². The van der Waals surface area contributed by atoms with Crippen LogP contribution in [0.3, 0.4) is 0 Å². The van der Waals surface area contributed by atoms with Crippen LogP contribution in [-0.2, 0) is 11.4 Å². The fourth-order valence-corrected chi connectivity index (χ4v) is 4.39. The summed E-state index contributed by atoms with van der Waals surface area (Å²) >= 11 is 4.19. The van der Waals surface area contributed by atoms with Gasteiger partial charge in [-0.3, -0.25) is 0 Å². The van der Waals surface area contributed by atoms with Gasteiger partial charge in [-0.05, 0) is 45.3 Å². The number of phenols is 1. The van der Waals surface area contributed by atoms with Crippen molar-refractivity contribution in [2.75, 3.05) is 6.61 Å². The van der Waals surface area contributed by atoms with Crippen LogP contribution < -0.4 is 9.47 Å². The van der Waals surface area contributed by atoms with Crippen molar-refractivity contribution < 1.29 is 34.4 Å². The molecule has 3 N–H and O–H groups in total. The van der Waals surface area contributed by atoms with E-state index in [0.717, 1.165) is 16.9 Å². The fraction of sp³-hybridized carbons (Fsp3) is 0.100. The van der Waals surface area contributed by atoms with Crippen molar-refractivity contribution in [1.82, 2.24) is 0 Å². The second-order valence-corrected chi connectivity index (χ2v) is 7.66. The first-order chi connectivity index (χ1) is 13.9. The predicted molar refractivity (Wildman–Crippen MR) is 110 cm³/mol. The minimum atomic E-state index is -1.24. The quantitative estimate of drug-likeness (QED) is 0.432. The zero-order chi connectivity index (χ0) is 21.0. The number of ether oxygens (including phenoxy) is 2. The van der Waals surface area contributed by atoms with Gasteiger partial charge in [-0.15, -0.1) is 11.3 Å². The maximum atomic E-state index is 11.5. The molecule has 0 radical (unpaired) electrons. The Hall–Kier alpha value is -3.04. The second-order valence-electron chi connectivity index (χ2n) is 5.85. The molecule has 0 amide bonds. The van der Waals surface area contributed by atoms with E-state index in [1.165, 1.54) is 6.07 Å². The van der Waals surface area contributed by atoms with Crippen LogP contribution in [0.5, 0.6) is 17.2 Å². The second kappa shape index (κ2) is 8.97. The van der Waals surface area contributed by atoms with Gasteiger partial charge in [-0.25, -0.2) is 9.59 Å². The van der Waals surface area contributed by atoms with Gasteiger partial charge in [0.2, 0.25) is 0 Å². The van der Waals surface area contributed by atoms with Crippen molar-refractivity contribution in [2.24, 2.45) is 0 Å². The normalized spacial score (nSPS) is 10.5. The number of hydrogen-bond acceptors (Lipinski definition) is 6. The van der Waals surface area contributed by atoms with Crippen LogP contribution in [0, 0.1) is 0 Å². The Labute approximate surface area is 177 Å². The Bertz CT molecular complexity index is 1050. The van der Waals surface area contributed by atoms with Crippen molar-refractivity contribution in [3.05, 3.63) is 63.4 Å². The predicted octanol–water partition coefficient (Wildman–Crippen LogP) is 4.62. The third kappa shape index (κ3) is 4.87. The lowest BCUT2D eigenvalue weighted by molar-refractivity contribution is -0.139. The molecule has 1 heterocycles. The standard InChI is InChI=1S/C20H15BrO7S/c21-16-17(28-10-15(23)24)19(20(25)26)29-18(16)12-6-7-14(13(22)8-12)27-9-11-4-2-1-3-5-11/h1-8,22H,9-10H2,(H,23,24)(H,25,26). The molecule has 0 spiro atoms. The van der Waals surface area contributed by atoms with Crippen LogP contribution in [0.4, 0.5) is 0 Å². The van der Waals surface area contributed by atoms with Gasteiger partial charge in [-0.2, -0.15) is 0 Å². The summed E-state index contributed by atoms with van der Waals surface area (Å²) in [6.07, 6.45) is 0. The highest BCUT2D eigenvalue weighted by Crippen LogP contribution is 2.47. The van der Waals surface area contributed by atoms with Crippen molar-refractivity contribution in [3.8, 4) is 27.7 Å². The van der Waals surface area contributed by atoms with E-state index in [9.17, 15) is 19.8 Å². The van der Waals surface area contributed by atoms with E-state index in [-0.39, 0.29) is 28.7 Å². The fourth-order valence-electron chi connectivity index (χ4n) is 2.50. The summed E-state index contributed by atoms with van der Waals surface area (Å²) < 4.78 is 11.1. The minimum absolute atomic E-state index is 0.0659. The zero-order valence-electron chi connectivity index (χ0n) is 14.8. The molecular formula is C20H15BrO7S. The molecule has 0 aliphatic carbocycles. The third-order valence-electron chi connectivity index (χ3n) is 3.80. The van der Waals surface area contributed by atoms with Crippen LogP contribution in [0.1, 0.15) is 15.2 Å². The SMILES string of the molecule is O=C(O)COc1c(C(=O)O)sc(-c2ccc(OCc3ccccc3)c(O)c2)c1Br. The van der Waals surface area contributed by atoms with Crippen molar-refractivity contribution in [2.45, 2.75) is 6.61 Å². The number of carboxylic acids is 2. The number of aromatic hydroxyl groups is 1. The number of halogens is 1. The summed E-state index contributed by atoms with van der Waals surface area (Å²) in [4.78, 5) is 22.6. The van der Waals surface area contributed by atoms with Crippen LogP contribution in [-0.4, -0.2) is 33.9 Å².